The summed E-state index contributed by atoms with van der Waals surface area (Å²) in [6, 6.07) is 9.13. The Balaban J connectivity index is 1.83. The summed E-state index contributed by atoms with van der Waals surface area (Å²) >= 11 is 0. The molecule has 7 nitrogen and oxygen atoms in total. The standard InChI is InChI=1S/C15H16F3N7/c16-15(17,18)12-21-13(24-20-10-11-4-2-1-3-5-11)23-14(22-12)25-8-6-19-7-9-25/h1-5,10,19H,6-9H2,(H,21,22,23,24)/b20-10+. The number of anilines is 2. The molecule has 1 aliphatic heterocycles. The Hall–Kier alpha value is -2.75. The molecule has 25 heavy (non-hydrogen) atoms. The van der Waals surface area contributed by atoms with Crippen LogP contribution in [0.2, 0.25) is 0 Å². The minimum Gasteiger partial charge on any atom is -0.338 e. The molecule has 0 saturated carbocycles. The van der Waals surface area contributed by atoms with E-state index < -0.39 is 12.0 Å². The monoisotopic (exact) mass is 351 g/mol. The van der Waals surface area contributed by atoms with Gasteiger partial charge in [-0.05, 0) is 5.56 Å². The first-order valence-corrected chi connectivity index (χ1v) is 7.65. The molecular formula is C15H16F3N7. The summed E-state index contributed by atoms with van der Waals surface area (Å²) in [7, 11) is 0. The molecule has 1 aromatic heterocycles. The van der Waals surface area contributed by atoms with Crippen molar-refractivity contribution in [2.45, 2.75) is 6.18 Å². The van der Waals surface area contributed by atoms with Gasteiger partial charge in [0.25, 0.3) is 0 Å². The van der Waals surface area contributed by atoms with E-state index >= 15 is 0 Å². The van der Waals surface area contributed by atoms with Gasteiger partial charge in [-0.25, -0.2) is 5.43 Å². The molecule has 0 atom stereocenters. The first-order chi connectivity index (χ1) is 12.0. The maximum Gasteiger partial charge on any atom is 0.451 e. The zero-order valence-electron chi connectivity index (χ0n) is 13.2. The highest BCUT2D eigenvalue weighted by molar-refractivity contribution is 5.79. The molecular weight excluding hydrogens is 335 g/mol. The average Bonchev–Trinajstić information content (AvgIpc) is 2.62. The number of rotatable bonds is 4. The Kier molecular flexibility index (Phi) is 5.08. The first kappa shape index (κ1) is 17.1. The van der Waals surface area contributed by atoms with Gasteiger partial charge in [-0.1, -0.05) is 30.3 Å². The molecule has 2 aromatic rings. The third-order valence-corrected chi connectivity index (χ3v) is 3.45. The van der Waals surface area contributed by atoms with Crippen LogP contribution in [0.5, 0.6) is 0 Å². The van der Waals surface area contributed by atoms with Crippen LogP contribution >= 0.6 is 0 Å². The number of aromatic nitrogens is 3. The fraction of sp³-hybridized carbons (Fsp3) is 0.333. The number of benzene rings is 1. The van der Waals surface area contributed by atoms with E-state index in [1.807, 2.05) is 30.3 Å². The van der Waals surface area contributed by atoms with Crippen molar-refractivity contribution in [1.82, 2.24) is 20.3 Å². The molecule has 3 rings (SSSR count). The van der Waals surface area contributed by atoms with E-state index in [1.54, 1.807) is 4.90 Å². The van der Waals surface area contributed by atoms with E-state index in [2.05, 4.69) is 30.8 Å². The second kappa shape index (κ2) is 7.43. The van der Waals surface area contributed by atoms with Crippen molar-refractivity contribution in [3.63, 3.8) is 0 Å². The third kappa shape index (κ3) is 4.63. The van der Waals surface area contributed by atoms with Crippen LogP contribution in [-0.2, 0) is 6.18 Å². The fourth-order valence-corrected chi connectivity index (χ4v) is 2.25. The van der Waals surface area contributed by atoms with Crippen LogP contribution in [0.15, 0.2) is 35.4 Å². The lowest BCUT2D eigenvalue weighted by atomic mass is 10.2. The first-order valence-electron chi connectivity index (χ1n) is 7.65. The van der Waals surface area contributed by atoms with Crippen molar-refractivity contribution in [3.05, 3.63) is 41.7 Å². The maximum atomic E-state index is 13.1. The highest BCUT2D eigenvalue weighted by Crippen LogP contribution is 2.28. The molecule has 1 fully saturated rings. The van der Waals surface area contributed by atoms with Crippen LogP contribution in [0.25, 0.3) is 0 Å². The number of nitrogens with zero attached hydrogens (tertiary/aromatic N) is 5. The molecule has 1 saturated heterocycles. The lowest BCUT2D eigenvalue weighted by Crippen LogP contribution is -2.44. The van der Waals surface area contributed by atoms with Gasteiger partial charge in [0.1, 0.15) is 0 Å². The maximum absolute atomic E-state index is 13.1. The molecule has 2 heterocycles. The summed E-state index contributed by atoms with van der Waals surface area (Å²) in [6.07, 6.45) is -3.19. The van der Waals surface area contributed by atoms with E-state index in [0.29, 0.717) is 26.2 Å². The predicted molar refractivity (Wildman–Crippen MR) is 87.6 cm³/mol. The molecule has 2 N–H and O–H groups in total. The average molecular weight is 351 g/mol. The Morgan fingerprint density at radius 2 is 1.80 bits per heavy atom. The van der Waals surface area contributed by atoms with Crippen LogP contribution < -0.4 is 15.6 Å². The molecule has 0 bridgehead atoms. The highest BCUT2D eigenvalue weighted by atomic mass is 19.4. The molecule has 0 spiro atoms. The third-order valence-electron chi connectivity index (χ3n) is 3.45. The molecule has 1 aliphatic rings. The minimum atomic E-state index is -4.66. The van der Waals surface area contributed by atoms with Crippen molar-refractivity contribution < 1.29 is 13.2 Å². The largest absolute Gasteiger partial charge is 0.451 e. The smallest absolute Gasteiger partial charge is 0.338 e. The summed E-state index contributed by atoms with van der Waals surface area (Å²) in [5.74, 6) is -1.50. The topological polar surface area (TPSA) is 78.3 Å². The van der Waals surface area contributed by atoms with Crippen LogP contribution in [0, 0.1) is 0 Å². The number of hydrogen-bond donors (Lipinski definition) is 2. The molecule has 0 aliphatic carbocycles. The Bertz CT molecular complexity index is 728. The number of piperazine rings is 1. The van der Waals surface area contributed by atoms with Gasteiger partial charge in [-0.15, -0.1) is 0 Å². The summed E-state index contributed by atoms with van der Waals surface area (Å²) in [5.41, 5.74) is 3.24. The lowest BCUT2D eigenvalue weighted by molar-refractivity contribution is -0.144. The predicted octanol–water partition coefficient (Wildman–Crippen LogP) is 1.75. The van der Waals surface area contributed by atoms with Gasteiger partial charge in [0, 0.05) is 26.2 Å². The Morgan fingerprint density at radius 1 is 1.08 bits per heavy atom. The van der Waals surface area contributed by atoms with E-state index in [0.717, 1.165) is 5.56 Å². The normalized spacial score (nSPS) is 15.6. The van der Waals surface area contributed by atoms with Crippen molar-refractivity contribution in [3.8, 4) is 0 Å². The SMILES string of the molecule is FC(F)(F)c1nc(N/N=C/c2ccccc2)nc(N2CCNCC2)n1. The van der Waals surface area contributed by atoms with E-state index in [1.165, 1.54) is 6.21 Å². The van der Waals surface area contributed by atoms with Crippen molar-refractivity contribution >= 4 is 18.1 Å². The van der Waals surface area contributed by atoms with E-state index in [-0.39, 0.29) is 11.9 Å². The molecule has 0 amide bonds. The van der Waals surface area contributed by atoms with Gasteiger partial charge < -0.3 is 10.2 Å². The zero-order chi connectivity index (χ0) is 17.7. The van der Waals surface area contributed by atoms with Crippen LogP contribution in [0.3, 0.4) is 0 Å². The second-order valence-electron chi connectivity index (χ2n) is 5.30. The second-order valence-corrected chi connectivity index (χ2v) is 5.30. The summed E-state index contributed by atoms with van der Waals surface area (Å²) in [5, 5.41) is 7.02. The van der Waals surface area contributed by atoms with Gasteiger partial charge in [0.15, 0.2) is 0 Å². The number of hydrogen-bond acceptors (Lipinski definition) is 7. The fourth-order valence-electron chi connectivity index (χ4n) is 2.25. The van der Waals surface area contributed by atoms with Crippen LogP contribution in [0.4, 0.5) is 25.1 Å². The molecule has 1 aromatic carbocycles. The summed E-state index contributed by atoms with van der Waals surface area (Å²) in [4.78, 5) is 12.7. The number of alkyl halides is 3. The minimum absolute atomic E-state index is 0.0127. The van der Waals surface area contributed by atoms with E-state index in [4.69, 9.17) is 0 Å². The van der Waals surface area contributed by atoms with E-state index in [9.17, 15) is 13.2 Å². The zero-order valence-corrected chi connectivity index (χ0v) is 13.2. The van der Waals surface area contributed by atoms with Gasteiger partial charge in [0.05, 0.1) is 6.21 Å². The van der Waals surface area contributed by atoms with Gasteiger partial charge >= 0.3 is 6.18 Å². The Labute approximate surface area is 142 Å². The lowest BCUT2D eigenvalue weighted by Gasteiger charge is -2.27. The van der Waals surface area contributed by atoms with Gasteiger partial charge in [-0.2, -0.15) is 33.2 Å². The highest BCUT2D eigenvalue weighted by Gasteiger charge is 2.36. The summed E-state index contributed by atoms with van der Waals surface area (Å²) in [6.45, 7) is 2.35. The van der Waals surface area contributed by atoms with Gasteiger partial charge in [-0.3, -0.25) is 0 Å². The molecule has 10 heteroatoms. The van der Waals surface area contributed by atoms with Gasteiger partial charge in [0.2, 0.25) is 17.7 Å². The Morgan fingerprint density at radius 3 is 2.48 bits per heavy atom. The van der Waals surface area contributed by atoms with Crippen molar-refractivity contribution in [2.75, 3.05) is 36.5 Å². The quantitative estimate of drug-likeness (QED) is 0.645. The van der Waals surface area contributed by atoms with Crippen molar-refractivity contribution in [1.29, 1.82) is 0 Å². The molecule has 132 valence electrons. The molecule has 0 radical (unpaired) electrons. The number of hydrazone groups is 1. The van der Waals surface area contributed by atoms with Crippen LogP contribution in [-0.4, -0.2) is 47.3 Å². The van der Waals surface area contributed by atoms with Crippen molar-refractivity contribution in [2.24, 2.45) is 5.10 Å². The summed E-state index contributed by atoms with van der Waals surface area (Å²) < 4.78 is 39.2. The number of halogens is 3. The van der Waals surface area contributed by atoms with Crippen LogP contribution in [0.1, 0.15) is 11.4 Å². The number of nitrogens with one attached hydrogen (secondary N) is 2. The molecule has 0 unspecified atom stereocenters.